The number of hydrogen-bond acceptors (Lipinski definition) is 5. The molecule has 0 spiro atoms. The maximum Gasteiger partial charge on any atom is 0.191 e. The van der Waals surface area contributed by atoms with Crippen molar-refractivity contribution in [1.82, 2.24) is 15.6 Å². The second kappa shape index (κ2) is 9.52. The van der Waals surface area contributed by atoms with Gasteiger partial charge in [-0.15, -0.1) is 11.3 Å². The summed E-state index contributed by atoms with van der Waals surface area (Å²) in [4.78, 5) is 10.1. The molecule has 2 heterocycles. The van der Waals surface area contributed by atoms with Gasteiger partial charge in [-0.2, -0.15) is 0 Å². The van der Waals surface area contributed by atoms with Crippen molar-refractivity contribution < 1.29 is 5.11 Å². The summed E-state index contributed by atoms with van der Waals surface area (Å²) in [7, 11) is 0. The molecule has 0 radical (unpaired) electrons. The summed E-state index contributed by atoms with van der Waals surface area (Å²) in [5.41, 5.74) is 0.00946. The van der Waals surface area contributed by atoms with Crippen LogP contribution in [-0.4, -0.2) is 42.2 Å². The van der Waals surface area contributed by atoms with E-state index in [1.807, 2.05) is 48.7 Å². The first-order chi connectivity index (χ1) is 13.6. The van der Waals surface area contributed by atoms with Gasteiger partial charge >= 0.3 is 0 Å². The second-order valence-corrected chi connectivity index (χ2v) is 7.64. The zero-order valence-corrected chi connectivity index (χ0v) is 17.1. The highest BCUT2D eigenvalue weighted by molar-refractivity contribution is 7.10. The lowest BCUT2D eigenvalue weighted by molar-refractivity contribution is 0.0711. The number of hydrogen-bond donors (Lipinski definition) is 4. The van der Waals surface area contributed by atoms with Crippen molar-refractivity contribution in [2.75, 3.05) is 31.5 Å². The fourth-order valence-corrected chi connectivity index (χ4v) is 3.55. The molecule has 148 valence electrons. The number of guanidine groups is 1. The van der Waals surface area contributed by atoms with E-state index in [0.717, 1.165) is 28.1 Å². The molecule has 1 aromatic carbocycles. The van der Waals surface area contributed by atoms with E-state index in [9.17, 15) is 5.11 Å². The lowest BCUT2D eigenvalue weighted by Crippen LogP contribution is -2.40. The van der Waals surface area contributed by atoms with Gasteiger partial charge in [-0.1, -0.05) is 24.3 Å². The van der Waals surface area contributed by atoms with Crippen LogP contribution in [0.2, 0.25) is 0 Å². The lowest BCUT2D eigenvalue weighted by Gasteiger charge is -2.20. The summed E-state index contributed by atoms with van der Waals surface area (Å²) in [5, 5.41) is 23.5. The van der Waals surface area contributed by atoms with E-state index in [0.29, 0.717) is 25.6 Å². The van der Waals surface area contributed by atoms with Crippen LogP contribution in [-0.2, 0) is 5.60 Å². The Kier molecular flexibility index (Phi) is 6.84. The van der Waals surface area contributed by atoms with Crippen LogP contribution >= 0.6 is 11.3 Å². The Hall–Kier alpha value is -2.64. The number of thiophene rings is 1. The first kappa shape index (κ1) is 20.1. The fourth-order valence-electron chi connectivity index (χ4n) is 2.77. The normalized spacial score (nSPS) is 13.9. The summed E-state index contributed by atoms with van der Waals surface area (Å²) in [5.74, 6) is 1.54. The highest BCUT2D eigenvalue weighted by atomic mass is 32.1. The lowest BCUT2D eigenvalue weighted by atomic mass is 10.1. The van der Waals surface area contributed by atoms with Gasteiger partial charge < -0.3 is 21.1 Å². The molecular formula is C21H27N5OS. The Balaban J connectivity index is 1.51. The highest BCUT2D eigenvalue weighted by Gasteiger charge is 2.23. The number of para-hydroxylation sites is 1. The number of rotatable bonds is 8. The van der Waals surface area contributed by atoms with Crippen LogP contribution in [0.1, 0.15) is 18.7 Å². The van der Waals surface area contributed by atoms with E-state index < -0.39 is 5.60 Å². The third kappa shape index (κ3) is 5.43. The molecule has 0 saturated heterocycles. The minimum atomic E-state index is -0.968. The minimum Gasteiger partial charge on any atom is -0.383 e. The van der Waals surface area contributed by atoms with Gasteiger partial charge in [0.2, 0.25) is 0 Å². The molecule has 3 aromatic rings. The third-order valence-electron chi connectivity index (χ3n) is 4.26. The summed E-state index contributed by atoms with van der Waals surface area (Å²) < 4.78 is 0. The van der Waals surface area contributed by atoms with Crippen molar-refractivity contribution in [3.05, 3.63) is 58.8 Å². The molecular weight excluding hydrogens is 370 g/mol. The van der Waals surface area contributed by atoms with Crippen molar-refractivity contribution in [1.29, 1.82) is 0 Å². The average Bonchev–Trinajstić information content (AvgIpc) is 3.25. The summed E-state index contributed by atoms with van der Waals surface area (Å²) in [6.07, 6.45) is 0. The zero-order chi connectivity index (χ0) is 19.8. The minimum absolute atomic E-state index is 0.294. The quantitative estimate of drug-likeness (QED) is 0.267. The topological polar surface area (TPSA) is 81.6 Å². The molecule has 1 unspecified atom stereocenters. The Morgan fingerprint density at radius 3 is 2.75 bits per heavy atom. The smallest absolute Gasteiger partial charge is 0.191 e. The number of fused-ring (bicyclic) bond motifs is 1. The molecule has 0 amide bonds. The number of anilines is 1. The molecule has 3 rings (SSSR count). The molecule has 4 N–H and O–H groups in total. The Morgan fingerprint density at radius 1 is 1.11 bits per heavy atom. The van der Waals surface area contributed by atoms with Gasteiger partial charge in [-0.3, -0.25) is 0 Å². The van der Waals surface area contributed by atoms with E-state index in [1.165, 1.54) is 11.3 Å². The average molecular weight is 398 g/mol. The molecule has 6 nitrogen and oxygen atoms in total. The first-order valence-corrected chi connectivity index (χ1v) is 10.3. The molecule has 2 aromatic heterocycles. The SMILES string of the molecule is CCNC(=NCC(C)(O)c1cccs1)NCCNc1ccc2ccccc2n1. The second-order valence-electron chi connectivity index (χ2n) is 6.69. The standard InChI is InChI=1S/C21H27N5OS/c1-3-22-20(25-15-21(2,27)18-9-6-14-28-18)24-13-12-23-19-11-10-16-7-4-5-8-17(16)26-19/h4-11,14,27H,3,12-13,15H2,1-2H3,(H,23,26)(H2,22,24,25). The number of nitrogens with one attached hydrogen (secondary N) is 3. The van der Waals surface area contributed by atoms with Gasteiger partial charge in [0, 0.05) is 29.9 Å². The van der Waals surface area contributed by atoms with Gasteiger partial charge in [0.15, 0.2) is 5.96 Å². The molecule has 0 aliphatic rings. The van der Waals surface area contributed by atoms with Crippen LogP contribution in [0, 0.1) is 0 Å². The summed E-state index contributed by atoms with van der Waals surface area (Å²) in [6, 6.07) is 16.0. The van der Waals surface area contributed by atoms with Crippen molar-refractivity contribution in [2.24, 2.45) is 4.99 Å². The van der Waals surface area contributed by atoms with Gasteiger partial charge in [-0.05, 0) is 43.5 Å². The van der Waals surface area contributed by atoms with E-state index in [4.69, 9.17) is 0 Å². The van der Waals surface area contributed by atoms with Crippen LogP contribution < -0.4 is 16.0 Å². The van der Waals surface area contributed by atoms with Gasteiger partial charge in [0.25, 0.3) is 0 Å². The molecule has 1 atom stereocenters. The van der Waals surface area contributed by atoms with E-state index in [1.54, 1.807) is 6.92 Å². The van der Waals surface area contributed by atoms with Gasteiger partial charge in [0.05, 0.1) is 12.1 Å². The van der Waals surface area contributed by atoms with Crippen molar-refractivity contribution >= 4 is 34.0 Å². The molecule has 0 bridgehead atoms. The van der Waals surface area contributed by atoms with E-state index in [-0.39, 0.29) is 0 Å². The van der Waals surface area contributed by atoms with Crippen molar-refractivity contribution in [3.8, 4) is 0 Å². The zero-order valence-electron chi connectivity index (χ0n) is 16.3. The third-order valence-corrected chi connectivity index (χ3v) is 5.39. The Bertz CT molecular complexity index is 908. The predicted octanol–water partition coefficient (Wildman–Crippen LogP) is 3.17. The monoisotopic (exact) mass is 397 g/mol. The summed E-state index contributed by atoms with van der Waals surface area (Å²) >= 11 is 1.54. The highest BCUT2D eigenvalue weighted by Crippen LogP contribution is 2.25. The van der Waals surface area contributed by atoms with Crippen molar-refractivity contribution in [3.63, 3.8) is 0 Å². The molecule has 0 aliphatic carbocycles. The fraction of sp³-hybridized carbons (Fsp3) is 0.333. The largest absolute Gasteiger partial charge is 0.383 e. The number of aliphatic hydroxyl groups is 1. The predicted molar refractivity (Wildman–Crippen MR) is 118 cm³/mol. The number of aromatic nitrogens is 1. The van der Waals surface area contributed by atoms with Crippen LogP contribution in [0.4, 0.5) is 5.82 Å². The van der Waals surface area contributed by atoms with Crippen LogP contribution in [0.15, 0.2) is 58.9 Å². The number of aliphatic imine (C=N–C) groups is 1. The van der Waals surface area contributed by atoms with E-state index >= 15 is 0 Å². The molecule has 0 saturated carbocycles. The number of benzene rings is 1. The van der Waals surface area contributed by atoms with Gasteiger partial charge in [0.1, 0.15) is 11.4 Å². The van der Waals surface area contributed by atoms with Crippen LogP contribution in [0.5, 0.6) is 0 Å². The first-order valence-electron chi connectivity index (χ1n) is 9.47. The summed E-state index contributed by atoms with van der Waals surface area (Å²) in [6.45, 7) is 6.25. The maximum atomic E-state index is 10.6. The maximum absolute atomic E-state index is 10.6. The molecule has 7 heteroatoms. The van der Waals surface area contributed by atoms with Crippen LogP contribution in [0.3, 0.4) is 0 Å². The van der Waals surface area contributed by atoms with Crippen LogP contribution in [0.25, 0.3) is 10.9 Å². The Labute approximate surface area is 169 Å². The van der Waals surface area contributed by atoms with E-state index in [2.05, 4.69) is 38.1 Å². The van der Waals surface area contributed by atoms with Gasteiger partial charge in [-0.25, -0.2) is 9.98 Å². The molecule has 28 heavy (non-hydrogen) atoms. The number of pyridine rings is 1. The number of nitrogens with zero attached hydrogens (tertiary/aromatic N) is 2. The molecule has 0 fully saturated rings. The molecule has 0 aliphatic heterocycles. The van der Waals surface area contributed by atoms with Crippen molar-refractivity contribution in [2.45, 2.75) is 19.4 Å². The Morgan fingerprint density at radius 2 is 1.96 bits per heavy atom.